The Labute approximate surface area is 82.6 Å². The first-order valence-corrected chi connectivity index (χ1v) is 4.49. The summed E-state index contributed by atoms with van der Waals surface area (Å²) in [5.74, 6) is 0. The van der Waals surface area contributed by atoms with Crippen molar-refractivity contribution in [3.05, 3.63) is 0 Å². The van der Waals surface area contributed by atoms with Crippen LogP contribution in [0.2, 0.25) is 0 Å². The van der Waals surface area contributed by atoms with Crippen LogP contribution in [0.15, 0.2) is 0 Å². The van der Waals surface area contributed by atoms with Gasteiger partial charge in [0.05, 0.1) is 19.3 Å². The highest BCUT2D eigenvalue weighted by Crippen LogP contribution is 2.10. The molecule has 0 radical (unpaired) electrons. The molecule has 14 heavy (non-hydrogen) atoms. The van der Waals surface area contributed by atoms with E-state index in [4.69, 9.17) is 15.6 Å². The van der Waals surface area contributed by atoms with Crippen molar-refractivity contribution in [2.45, 2.75) is 12.2 Å². The highest BCUT2D eigenvalue weighted by molar-refractivity contribution is 5.64. The van der Waals surface area contributed by atoms with Crippen LogP contribution in [0.5, 0.6) is 0 Å². The number of aliphatic hydroxyl groups excluding tert-OH is 1. The van der Waals surface area contributed by atoms with Crippen LogP contribution in [0.1, 0.15) is 0 Å². The molecule has 0 aliphatic carbocycles. The lowest BCUT2D eigenvalue weighted by Gasteiger charge is -2.21. The topological polar surface area (TPSA) is 88.3 Å². The molecule has 0 aromatic carbocycles. The van der Waals surface area contributed by atoms with E-state index >= 15 is 0 Å². The summed E-state index contributed by atoms with van der Waals surface area (Å²) >= 11 is 0. The first-order chi connectivity index (χ1) is 6.61. The van der Waals surface area contributed by atoms with Crippen LogP contribution in [-0.4, -0.2) is 61.7 Å². The summed E-state index contributed by atoms with van der Waals surface area (Å²) in [6, 6.07) is 0. The molecule has 1 heterocycles. The highest BCUT2D eigenvalue weighted by atomic mass is 16.6. The quantitative estimate of drug-likeness (QED) is 0.529. The zero-order chi connectivity index (χ0) is 10.6. The van der Waals surface area contributed by atoms with Gasteiger partial charge in [-0.3, -0.25) is 4.90 Å². The van der Waals surface area contributed by atoms with Gasteiger partial charge in [-0.25, -0.2) is 4.79 Å². The van der Waals surface area contributed by atoms with Gasteiger partial charge in [-0.15, -0.1) is 0 Å². The van der Waals surface area contributed by atoms with Gasteiger partial charge in [0.25, 0.3) is 0 Å². The average molecular weight is 204 g/mol. The molecule has 0 bridgehead atoms. The van der Waals surface area contributed by atoms with Gasteiger partial charge >= 0.3 is 6.09 Å². The Hall–Kier alpha value is -0.850. The number of carbonyl (C=O) groups excluding carboxylic acids is 1. The Kier molecular flexibility index (Phi) is 4.12. The fourth-order valence-electron chi connectivity index (χ4n) is 1.24. The second-order valence-corrected chi connectivity index (χ2v) is 3.42. The van der Waals surface area contributed by atoms with E-state index in [2.05, 4.69) is 4.74 Å². The summed E-state index contributed by atoms with van der Waals surface area (Å²) in [6.45, 7) is 1.79. The molecule has 1 fully saturated rings. The van der Waals surface area contributed by atoms with Crippen LogP contribution < -0.4 is 5.73 Å². The Balaban J connectivity index is 2.19. The molecule has 1 aliphatic heterocycles. The largest absolute Gasteiger partial charge is 0.443 e. The number of likely N-dealkylation sites (N-methyl/N-ethyl adjacent to an activating group) is 1. The lowest BCUT2D eigenvalue weighted by molar-refractivity contribution is 0.0426. The Bertz CT molecular complexity index is 196. The van der Waals surface area contributed by atoms with E-state index in [1.807, 2.05) is 11.9 Å². The molecule has 6 nitrogen and oxygen atoms in total. The molecule has 2 atom stereocenters. The third-order valence-electron chi connectivity index (χ3n) is 1.92. The molecule has 82 valence electrons. The minimum absolute atomic E-state index is 0.223. The van der Waals surface area contributed by atoms with Crippen LogP contribution in [0.25, 0.3) is 0 Å². The van der Waals surface area contributed by atoms with Gasteiger partial charge in [-0.1, -0.05) is 0 Å². The molecule has 0 aromatic heterocycles. The van der Waals surface area contributed by atoms with Crippen LogP contribution in [0.3, 0.4) is 0 Å². The summed E-state index contributed by atoms with van der Waals surface area (Å²) in [7, 11) is 1.87. The van der Waals surface area contributed by atoms with E-state index in [0.29, 0.717) is 6.54 Å². The Morgan fingerprint density at radius 2 is 2.50 bits per heavy atom. The fraction of sp³-hybridized carbons (Fsp3) is 0.875. The van der Waals surface area contributed by atoms with Crippen LogP contribution >= 0.6 is 0 Å². The first-order valence-electron chi connectivity index (χ1n) is 4.49. The lowest BCUT2D eigenvalue weighted by Crippen LogP contribution is -2.38. The van der Waals surface area contributed by atoms with E-state index in [9.17, 15) is 4.79 Å². The standard InChI is InChI=1S/C8H16N2O4/c1-10(3-7-5-13-7)2-6(4-11)14-8(9)12/h6-7,11H,2-5H2,1H3,(H2,9,12). The Morgan fingerprint density at radius 3 is 2.93 bits per heavy atom. The number of primary amides is 1. The van der Waals surface area contributed by atoms with Crippen molar-refractivity contribution < 1.29 is 19.4 Å². The fourth-order valence-corrected chi connectivity index (χ4v) is 1.24. The van der Waals surface area contributed by atoms with Crippen molar-refractivity contribution in [2.24, 2.45) is 5.73 Å². The van der Waals surface area contributed by atoms with Gasteiger partial charge in [0.1, 0.15) is 6.10 Å². The number of hydrogen-bond donors (Lipinski definition) is 2. The number of nitrogens with two attached hydrogens (primary N) is 1. The van der Waals surface area contributed by atoms with Crippen molar-refractivity contribution >= 4 is 6.09 Å². The van der Waals surface area contributed by atoms with Crippen LogP contribution in [-0.2, 0) is 9.47 Å². The van der Waals surface area contributed by atoms with Gasteiger partial charge in [0, 0.05) is 13.1 Å². The summed E-state index contributed by atoms with van der Waals surface area (Å²) in [5, 5.41) is 8.88. The number of carbonyl (C=O) groups is 1. The van der Waals surface area contributed by atoms with Gasteiger partial charge in [0.15, 0.2) is 0 Å². The van der Waals surface area contributed by atoms with Crippen LogP contribution in [0.4, 0.5) is 4.79 Å². The molecule has 1 saturated heterocycles. The summed E-state index contributed by atoms with van der Waals surface area (Å²) < 4.78 is 9.72. The van der Waals surface area contributed by atoms with Crippen molar-refractivity contribution in [2.75, 3.05) is 33.4 Å². The van der Waals surface area contributed by atoms with E-state index in [1.54, 1.807) is 0 Å². The summed E-state index contributed by atoms with van der Waals surface area (Å²) in [5.41, 5.74) is 4.84. The summed E-state index contributed by atoms with van der Waals surface area (Å²) in [6.07, 6.45) is -1.13. The van der Waals surface area contributed by atoms with Crippen molar-refractivity contribution in [3.63, 3.8) is 0 Å². The van der Waals surface area contributed by atoms with Gasteiger partial charge in [-0.2, -0.15) is 0 Å². The average Bonchev–Trinajstić information content (AvgIpc) is 2.86. The van der Waals surface area contributed by atoms with E-state index in [-0.39, 0.29) is 12.7 Å². The zero-order valence-corrected chi connectivity index (χ0v) is 8.18. The molecule has 0 aromatic rings. The molecule has 0 saturated carbocycles. The maximum absolute atomic E-state index is 10.4. The number of epoxide rings is 1. The third-order valence-corrected chi connectivity index (χ3v) is 1.92. The number of amides is 1. The van der Waals surface area contributed by atoms with E-state index < -0.39 is 12.2 Å². The van der Waals surface area contributed by atoms with E-state index in [1.165, 1.54) is 0 Å². The van der Waals surface area contributed by atoms with Crippen LogP contribution in [0, 0.1) is 0 Å². The van der Waals surface area contributed by atoms with Crippen molar-refractivity contribution in [1.29, 1.82) is 0 Å². The predicted molar refractivity (Wildman–Crippen MR) is 48.8 cm³/mol. The minimum Gasteiger partial charge on any atom is -0.443 e. The van der Waals surface area contributed by atoms with Gasteiger partial charge in [-0.05, 0) is 7.05 Å². The molecular formula is C8H16N2O4. The first kappa shape index (κ1) is 11.2. The molecule has 2 unspecified atom stereocenters. The highest BCUT2D eigenvalue weighted by Gasteiger charge is 2.25. The second kappa shape index (κ2) is 5.14. The molecule has 1 aliphatic rings. The monoisotopic (exact) mass is 204 g/mol. The number of hydrogen-bond acceptors (Lipinski definition) is 5. The smallest absolute Gasteiger partial charge is 0.404 e. The normalized spacial score (nSPS) is 22.1. The van der Waals surface area contributed by atoms with Crippen molar-refractivity contribution in [3.8, 4) is 0 Å². The Morgan fingerprint density at radius 1 is 1.86 bits per heavy atom. The minimum atomic E-state index is -0.861. The molecule has 1 rings (SSSR count). The lowest BCUT2D eigenvalue weighted by atomic mass is 10.3. The molecule has 3 N–H and O–H groups in total. The molecule has 6 heteroatoms. The maximum Gasteiger partial charge on any atom is 0.404 e. The predicted octanol–water partition coefficient (Wildman–Crippen LogP) is -1.23. The molecule has 0 spiro atoms. The SMILES string of the molecule is CN(CC1CO1)CC(CO)OC(N)=O. The number of aliphatic hydroxyl groups is 1. The number of rotatable bonds is 6. The molecular weight excluding hydrogens is 188 g/mol. The maximum atomic E-state index is 10.4. The van der Waals surface area contributed by atoms with Gasteiger partial charge < -0.3 is 20.3 Å². The second-order valence-electron chi connectivity index (χ2n) is 3.42. The zero-order valence-electron chi connectivity index (χ0n) is 8.18. The van der Waals surface area contributed by atoms with Crippen molar-refractivity contribution in [1.82, 2.24) is 4.90 Å². The number of ether oxygens (including phenoxy) is 2. The summed E-state index contributed by atoms with van der Waals surface area (Å²) in [4.78, 5) is 12.4. The molecule has 1 amide bonds. The van der Waals surface area contributed by atoms with Gasteiger partial charge in [0.2, 0.25) is 0 Å². The van der Waals surface area contributed by atoms with E-state index in [0.717, 1.165) is 13.2 Å². The third kappa shape index (κ3) is 4.40. The number of nitrogens with zero attached hydrogens (tertiary/aromatic N) is 1.